The first-order chi connectivity index (χ1) is 14.9. The summed E-state index contributed by atoms with van der Waals surface area (Å²) in [5, 5.41) is 11.7. The van der Waals surface area contributed by atoms with E-state index in [4.69, 9.17) is 5.26 Å². The highest BCUT2D eigenvalue weighted by Crippen LogP contribution is 2.24. The average Bonchev–Trinajstić information content (AvgIpc) is 3.19. The Morgan fingerprint density at radius 3 is 2.32 bits per heavy atom. The Morgan fingerprint density at radius 2 is 1.68 bits per heavy atom. The van der Waals surface area contributed by atoms with E-state index < -0.39 is 6.03 Å². The summed E-state index contributed by atoms with van der Waals surface area (Å²) in [6, 6.07) is 18.8. The number of urea groups is 1. The van der Waals surface area contributed by atoms with Crippen molar-refractivity contribution in [3.63, 3.8) is 0 Å². The first-order valence-electron chi connectivity index (χ1n) is 9.97. The molecule has 2 aromatic carbocycles. The summed E-state index contributed by atoms with van der Waals surface area (Å²) in [7, 11) is 0. The Balaban J connectivity index is 1.61. The number of rotatable bonds is 4. The molecule has 1 fully saturated rings. The van der Waals surface area contributed by atoms with Gasteiger partial charge in [-0.05, 0) is 68.3 Å². The van der Waals surface area contributed by atoms with Crippen molar-refractivity contribution >= 4 is 18.0 Å². The molecule has 0 radical (unpaired) electrons. The van der Waals surface area contributed by atoms with Crippen LogP contribution in [0.3, 0.4) is 0 Å². The molecule has 0 unspecified atom stereocenters. The summed E-state index contributed by atoms with van der Waals surface area (Å²) in [4.78, 5) is 26.5. The number of imide groups is 1. The van der Waals surface area contributed by atoms with Crippen LogP contribution in [0.1, 0.15) is 33.6 Å². The predicted molar refractivity (Wildman–Crippen MR) is 118 cm³/mol. The van der Waals surface area contributed by atoms with Crippen molar-refractivity contribution in [2.75, 3.05) is 0 Å². The van der Waals surface area contributed by atoms with Crippen LogP contribution in [0.25, 0.3) is 11.8 Å². The molecule has 0 aliphatic carbocycles. The summed E-state index contributed by atoms with van der Waals surface area (Å²) in [6.45, 7) is 6.16. The van der Waals surface area contributed by atoms with Gasteiger partial charge in [0.25, 0.3) is 5.91 Å². The van der Waals surface area contributed by atoms with Gasteiger partial charge in [0.15, 0.2) is 0 Å². The van der Waals surface area contributed by atoms with Gasteiger partial charge in [-0.1, -0.05) is 29.8 Å². The minimum absolute atomic E-state index is 0.229. The van der Waals surface area contributed by atoms with Crippen molar-refractivity contribution < 1.29 is 9.59 Å². The Morgan fingerprint density at radius 1 is 1.00 bits per heavy atom. The second-order valence-corrected chi connectivity index (χ2v) is 7.69. The van der Waals surface area contributed by atoms with E-state index >= 15 is 0 Å². The number of amides is 3. The van der Waals surface area contributed by atoms with Crippen molar-refractivity contribution in [2.24, 2.45) is 0 Å². The molecule has 1 saturated heterocycles. The van der Waals surface area contributed by atoms with Gasteiger partial charge in [0.1, 0.15) is 5.70 Å². The third-order valence-corrected chi connectivity index (χ3v) is 5.45. The summed E-state index contributed by atoms with van der Waals surface area (Å²) >= 11 is 0. The normalized spacial score (nSPS) is 14.8. The van der Waals surface area contributed by atoms with Gasteiger partial charge in [0.2, 0.25) is 0 Å². The highest BCUT2D eigenvalue weighted by atomic mass is 16.2. The van der Waals surface area contributed by atoms with Crippen molar-refractivity contribution in [1.82, 2.24) is 14.8 Å². The molecule has 1 aromatic heterocycles. The standard InChI is InChI=1S/C25H22N4O2/c1-16-4-6-20(7-5-16)15-28-24(30)23(27-25(28)31)13-21-12-17(2)29(18(21)3)22-10-8-19(14-26)9-11-22/h4-13H,15H2,1-3H3,(H,27,31)/b23-13+. The van der Waals surface area contributed by atoms with Gasteiger partial charge < -0.3 is 9.88 Å². The van der Waals surface area contributed by atoms with E-state index in [1.165, 1.54) is 4.90 Å². The number of hydrogen-bond donors (Lipinski definition) is 1. The summed E-state index contributed by atoms with van der Waals surface area (Å²) in [5.41, 5.74) is 6.59. The fraction of sp³-hybridized carbons (Fsp3) is 0.160. The molecule has 6 heteroatoms. The van der Waals surface area contributed by atoms with Crippen LogP contribution in [0, 0.1) is 32.1 Å². The molecular formula is C25H22N4O2. The lowest BCUT2D eigenvalue weighted by Gasteiger charge is -2.11. The van der Waals surface area contributed by atoms with Gasteiger partial charge in [-0.2, -0.15) is 5.26 Å². The van der Waals surface area contributed by atoms with Crippen molar-refractivity contribution in [1.29, 1.82) is 5.26 Å². The number of nitrogens with one attached hydrogen (secondary N) is 1. The number of nitriles is 1. The predicted octanol–water partition coefficient (Wildman–Crippen LogP) is 4.37. The van der Waals surface area contributed by atoms with Gasteiger partial charge in [-0.15, -0.1) is 0 Å². The molecule has 6 nitrogen and oxygen atoms in total. The van der Waals surface area contributed by atoms with Crippen molar-refractivity contribution in [3.8, 4) is 11.8 Å². The molecule has 1 aliphatic rings. The maximum atomic E-state index is 12.9. The van der Waals surface area contributed by atoms with Crippen molar-refractivity contribution in [2.45, 2.75) is 27.3 Å². The molecule has 1 aliphatic heterocycles. The number of carbonyl (C=O) groups excluding carboxylic acids is 2. The largest absolute Gasteiger partial charge is 0.329 e. The molecule has 1 N–H and O–H groups in total. The van der Waals surface area contributed by atoms with Crippen LogP contribution in [0.2, 0.25) is 0 Å². The van der Waals surface area contributed by atoms with E-state index in [9.17, 15) is 9.59 Å². The monoisotopic (exact) mass is 410 g/mol. The minimum Gasteiger partial charge on any atom is -0.318 e. The molecule has 0 atom stereocenters. The summed E-state index contributed by atoms with van der Waals surface area (Å²) < 4.78 is 2.05. The van der Waals surface area contributed by atoms with Gasteiger partial charge in [0.05, 0.1) is 18.2 Å². The molecule has 3 amide bonds. The van der Waals surface area contributed by atoms with Crippen LogP contribution in [-0.4, -0.2) is 21.4 Å². The van der Waals surface area contributed by atoms with Gasteiger partial charge in [0, 0.05) is 17.1 Å². The fourth-order valence-corrected chi connectivity index (χ4v) is 3.76. The quantitative estimate of drug-likeness (QED) is 0.513. The molecule has 0 spiro atoms. The van der Waals surface area contributed by atoms with Gasteiger partial charge >= 0.3 is 6.03 Å². The SMILES string of the molecule is Cc1ccc(CN2C(=O)N/C(=C/c3cc(C)n(-c4ccc(C#N)cc4)c3C)C2=O)cc1. The number of aryl methyl sites for hydroxylation is 2. The first kappa shape index (κ1) is 20.2. The van der Waals surface area contributed by atoms with Crippen LogP contribution >= 0.6 is 0 Å². The zero-order chi connectivity index (χ0) is 22.1. The molecule has 154 valence electrons. The average molecular weight is 410 g/mol. The first-order valence-corrected chi connectivity index (χ1v) is 9.97. The van der Waals surface area contributed by atoms with Crippen LogP contribution < -0.4 is 5.32 Å². The van der Waals surface area contributed by atoms with E-state index in [1.807, 2.05) is 63.2 Å². The Hall–Kier alpha value is -4.11. The molecule has 3 aromatic rings. The lowest BCUT2D eigenvalue weighted by Crippen LogP contribution is -2.30. The van der Waals surface area contributed by atoms with Crippen LogP contribution in [0.15, 0.2) is 60.3 Å². The number of benzene rings is 2. The second-order valence-electron chi connectivity index (χ2n) is 7.69. The van der Waals surface area contributed by atoms with E-state index in [2.05, 4.69) is 16.0 Å². The lowest BCUT2D eigenvalue weighted by atomic mass is 10.1. The van der Waals surface area contributed by atoms with Crippen LogP contribution in [-0.2, 0) is 11.3 Å². The van der Waals surface area contributed by atoms with E-state index in [1.54, 1.807) is 18.2 Å². The smallest absolute Gasteiger partial charge is 0.318 e. The number of hydrogen-bond acceptors (Lipinski definition) is 3. The molecule has 2 heterocycles. The Kier molecular flexibility index (Phi) is 5.18. The number of carbonyl (C=O) groups is 2. The number of aromatic nitrogens is 1. The zero-order valence-electron chi connectivity index (χ0n) is 17.6. The lowest BCUT2D eigenvalue weighted by molar-refractivity contribution is -0.123. The van der Waals surface area contributed by atoms with Gasteiger partial charge in [-0.25, -0.2) is 4.79 Å². The summed E-state index contributed by atoms with van der Waals surface area (Å²) in [5.74, 6) is -0.339. The fourth-order valence-electron chi connectivity index (χ4n) is 3.76. The van der Waals surface area contributed by atoms with Crippen LogP contribution in [0.4, 0.5) is 4.79 Å². The Labute approximate surface area is 181 Å². The minimum atomic E-state index is -0.419. The zero-order valence-corrected chi connectivity index (χ0v) is 17.6. The van der Waals surface area contributed by atoms with E-state index in [0.717, 1.165) is 33.8 Å². The second kappa shape index (κ2) is 7.96. The molecular weight excluding hydrogens is 388 g/mol. The third kappa shape index (κ3) is 3.86. The molecule has 0 bridgehead atoms. The molecule has 0 saturated carbocycles. The maximum Gasteiger partial charge on any atom is 0.329 e. The number of nitrogens with zero attached hydrogens (tertiary/aromatic N) is 3. The maximum absolute atomic E-state index is 12.9. The summed E-state index contributed by atoms with van der Waals surface area (Å²) in [6.07, 6.45) is 1.72. The highest BCUT2D eigenvalue weighted by Gasteiger charge is 2.33. The molecule has 4 rings (SSSR count). The van der Waals surface area contributed by atoms with E-state index in [-0.39, 0.29) is 18.1 Å². The van der Waals surface area contributed by atoms with Crippen LogP contribution in [0.5, 0.6) is 0 Å². The Bertz CT molecular complexity index is 1240. The molecule has 31 heavy (non-hydrogen) atoms. The highest BCUT2D eigenvalue weighted by molar-refractivity contribution is 6.14. The van der Waals surface area contributed by atoms with Gasteiger partial charge in [-0.3, -0.25) is 9.69 Å². The van der Waals surface area contributed by atoms with E-state index in [0.29, 0.717) is 5.56 Å². The third-order valence-electron chi connectivity index (χ3n) is 5.45. The van der Waals surface area contributed by atoms with Crippen molar-refractivity contribution in [3.05, 3.63) is 93.9 Å². The topological polar surface area (TPSA) is 78.1 Å².